The largest absolute Gasteiger partial charge is 0.330 e. The van der Waals surface area contributed by atoms with Gasteiger partial charge >= 0.3 is 0 Å². The van der Waals surface area contributed by atoms with E-state index in [0.717, 1.165) is 50.7 Å². The van der Waals surface area contributed by atoms with Gasteiger partial charge in [0.25, 0.3) is 0 Å². The SMILES string of the molecule is CC[C@H]1C=C(CCCCN)[C@@H](CCN)C(CCCN)C1. The highest BCUT2D eigenvalue weighted by Gasteiger charge is 2.30. The standard InChI is InChI=1S/C17H35N3/c1-2-14-12-15(6-3-4-9-18)17(8-11-20)16(13-14)7-5-10-19/h12,14,16-17H,2-11,13,18-20H2,1H3/t14-,16?,17+/m0/s1. The Labute approximate surface area is 125 Å². The monoisotopic (exact) mass is 281 g/mol. The number of hydrogen-bond acceptors (Lipinski definition) is 3. The summed E-state index contributed by atoms with van der Waals surface area (Å²) in [5.41, 5.74) is 18.9. The molecule has 0 spiro atoms. The molecule has 0 aromatic rings. The van der Waals surface area contributed by atoms with Gasteiger partial charge in [0.05, 0.1) is 0 Å². The third-order valence-corrected chi connectivity index (χ3v) is 4.80. The molecular weight excluding hydrogens is 246 g/mol. The lowest BCUT2D eigenvalue weighted by Crippen LogP contribution is -2.27. The van der Waals surface area contributed by atoms with Crippen molar-refractivity contribution in [1.82, 2.24) is 0 Å². The summed E-state index contributed by atoms with van der Waals surface area (Å²) < 4.78 is 0. The Bertz CT molecular complexity index is 275. The van der Waals surface area contributed by atoms with Crippen molar-refractivity contribution < 1.29 is 0 Å². The molecule has 0 fully saturated rings. The maximum Gasteiger partial charge on any atom is -0.00715 e. The third-order valence-electron chi connectivity index (χ3n) is 4.80. The van der Waals surface area contributed by atoms with Crippen LogP contribution in [-0.4, -0.2) is 19.6 Å². The van der Waals surface area contributed by atoms with Crippen LogP contribution in [0.2, 0.25) is 0 Å². The molecule has 0 aliphatic heterocycles. The lowest BCUT2D eigenvalue weighted by atomic mass is 9.69. The topological polar surface area (TPSA) is 78.1 Å². The maximum absolute atomic E-state index is 5.86. The van der Waals surface area contributed by atoms with E-state index in [4.69, 9.17) is 17.2 Å². The maximum atomic E-state index is 5.86. The molecule has 118 valence electrons. The molecule has 6 N–H and O–H groups in total. The molecule has 3 atom stereocenters. The molecule has 3 heteroatoms. The normalized spacial score (nSPS) is 26.6. The molecule has 0 saturated carbocycles. The fourth-order valence-corrected chi connectivity index (χ4v) is 3.68. The van der Waals surface area contributed by atoms with Gasteiger partial charge in [-0.15, -0.1) is 0 Å². The first kappa shape index (κ1) is 17.7. The molecule has 0 amide bonds. The lowest BCUT2D eigenvalue weighted by molar-refractivity contribution is 0.254. The van der Waals surface area contributed by atoms with Crippen LogP contribution < -0.4 is 17.2 Å². The number of hydrogen-bond donors (Lipinski definition) is 3. The Balaban J connectivity index is 2.73. The molecule has 0 aromatic heterocycles. The average Bonchev–Trinajstić information content (AvgIpc) is 2.47. The quantitative estimate of drug-likeness (QED) is 0.425. The van der Waals surface area contributed by atoms with Gasteiger partial charge in [-0.2, -0.15) is 0 Å². The number of nitrogens with two attached hydrogens (primary N) is 3. The van der Waals surface area contributed by atoms with E-state index >= 15 is 0 Å². The van der Waals surface area contributed by atoms with Gasteiger partial charge in [-0.3, -0.25) is 0 Å². The van der Waals surface area contributed by atoms with E-state index in [-0.39, 0.29) is 0 Å². The Kier molecular flexibility index (Phi) is 9.16. The molecule has 1 unspecified atom stereocenters. The smallest absolute Gasteiger partial charge is 0.00715 e. The van der Waals surface area contributed by atoms with E-state index in [2.05, 4.69) is 13.0 Å². The van der Waals surface area contributed by atoms with Crippen molar-refractivity contribution in [3.63, 3.8) is 0 Å². The first-order chi connectivity index (χ1) is 9.76. The second-order valence-corrected chi connectivity index (χ2v) is 6.27. The summed E-state index contributed by atoms with van der Waals surface area (Å²) in [7, 11) is 0. The second-order valence-electron chi connectivity index (χ2n) is 6.27. The molecule has 1 aliphatic carbocycles. The van der Waals surface area contributed by atoms with Gasteiger partial charge in [0.1, 0.15) is 0 Å². The highest BCUT2D eigenvalue weighted by Crippen LogP contribution is 2.41. The molecule has 1 rings (SSSR count). The van der Waals surface area contributed by atoms with Crippen LogP contribution in [0, 0.1) is 17.8 Å². The van der Waals surface area contributed by atoms with Crippen LogP contribution in [0.1, 0.15) is 58.3 Å². The van der Waals surface area contributed by atoms with Gasteiger partial charge in [-0.1, -0.05) is 18.6 Å². The predicted molar refractivity (Wildman–Crippen MR) is 88.3 cm³/mol. The van der Waals surface area contributed by atoms with E-state index in [0.29, 0.717) is 5.92 Å². The zero-order valence-corrected chi connectivity index (χ0v) is 13.3. The zero-order chi connectivity index (χ0) is 14.8. The molecule has 0 radical (unpaired) electrons. The van der Waals surface area contributed by atoms with Crippen molar-refractivity contribution in [2.75, 3.05) is 19.6 Å². The molecule has 20 heavy (non-hydrogen) atoms. The highest BCUT2D eigenvalue weighted by molar-refractivity contribution is 5.14. The summed E-state index contributed by atoms with van der Waals surface area (Å²) in [6.07, 6.45) is 12.3. The number of rotatable bonds is 10. The van der Waals surface area contributed by atoms with Crippen molar-refractivity contribution in [3.8, 4) is 0 Å². The van der Waals surface area contributed by atoms with Crippen molar-refractivity contribution in [2.45, 2.75) is 58.3 Å². The van der Waals surface area contributed by atoms with Gasteiger partial charge in [-0.25, -0.2) is 0 Å². The summed E-state index contributed by atoms with van der Waals surface area (Å²) >= 11 is 0. The van der Waals surface area contributed by atoms with Crippen LogP contribution in [0.25, 0.3) is 0 Å². The summed E-state index contributed by atoms with van der Waals surface area (Å²) in [5.74, 6) is 2.26. The molecule has 0 heterocycles. The van der Waals surface area contributed by atoms with Gasteiger partial charge in [0.2, 0.25) is 0 Å². The lowest BCUT2D eigenvalue weighted by Gasteiger charge is -2.36. The summed E-state index contributed by atoms with van der Waals surface area (Å²) in [6, 6.07) is 0. The molecular formula is C17H35N3. The second kappa shape index (κ2) is 10.4. The molecule has 3 nitrogen and oxygen atoms in total. The van der Waals surface area contributed by atoms with E-state index in [9.17, 15) is 0 Å². The van der Waals surface area contributed by atoms with Crippen molar-refractivity contribution in [1.29, 1.82) is 0 Å². The van der Waals surface area contributed by atoms with Gasteiger partial charge in [0.15, 0.2) is 0 Å². The summed E-state index contributed by atoms with van der Waals surface area (Å²) in [6.45, 7) is 4.73. The predicted octanol–water partition coefficient (Wildman–Crippen LogP) is 2.79. The minimum Gasteiger partial charge on any atom is -0.330 e. The van der Waals surface area contributed by atoms with E-state index in [1.807, 2.05) is 0 Å². The van der Waals surface area contributed by atoms with Gasteiger partial charge in [-0.05, 0) is 88.8 Å². The van der Waals surface area contributed by atoms with E-state index < -0.39 is 0 Å². The average molecular weight is 281 g/mol. The molecule has 1 aliphatic rings. The van der Waals surface area contributed by atoms with Crippen molar-refractivity contribution >= 4 is 0 Å². The number of unbranched alkanes of at least 4 members (excludes halogenated alkanes) is 1. The fourth-order valence-electron chi connectivity index (χ4n) is 3.68. The van der Waals surface area contributed by atoms with E-state index in [1.165, 1.54) is 32.1 Å². The first-order valence-electron chi connectivity index (χ1n) is 8.57. The van der Waals surface area contributed by atoms with Gasteiger partial charge in [0, 0.05) is 0 Å². The molecule has 0 aromatic carbocycles. The van der Waals surface area contributed by atoms with Crippen molar-refractivity contribution in [2.24, 2.45) is 35.0 Å². The molecule has 0 saturated heterocycles. The van der Waals surface area contributed by atoms with Crippen LogP contribution in [-0.2, 0) is 0 Å². The Hall–Kier alpha value is -0.380. The van der Waals surface area contributed by atoms with E-state index in [1.54, 1.807) is 5.57 Å². The van der Waals surface area contributed by atoms with Crippen LogP contribution in [0.15, 0.2) is 11.6 Å². The molecule has 0 bridgehead atoms. The summed E-state index contributed by atoms with van der Waals surface area (Å²) in [4.78, 5) is 0. The summed E-state index contributed by atoms with van der Waals surface area (Å²) in [5, 5.41) is 0. The minimum absolute atomic E-state index is 0.701. The van der Waals surface area contributed by atoms with Crippen LogP contribution in [0.5, 0.6) is 0 Å². The first-order valence-corrected chi connectivity index (χ1v) is 8.57. The third kappa shape index (κ3) is 5.55. The van der Waals surface area contributed by atoms with Crippen molar-refractivity contribution in [3.05, 3.63) is 11.6 Å². The Morgan fingerprint density at radius 1 is 1.00 bits per heavy atom. The minimum atomic E-state index is 0.701. The van der Waals surface area contributed by atoms with Crippen LogP contribution in [0.3, 0.4) is 0 Å². The highest BCUT2D eigenvalue weighted by atomic mass is 14.5. The van der Waals surface area contributed by atoms with Crippen LogP contribution in [0.4, 0.5) is 0 Å². The van der Waals surface area contributed by atoms with Crippen LogP contribution >= 0.6 is 0 Å². The zero-order valence-electron chi connectivity index (χ0n) is 13.3. The Morgan fingerprint density at radius 2 is 1.75 bits per heavy atom. The number of allylic oxidation sites excluding steroid dienone is 2. The van der Waals surface area contributed by atoms with Gasteiger partial charge < -0.3 is 17.2 Å². The Morgan fingerprint density at radius 3 is 2.35 bits per heavy atom. The fraction of sp³-hybridized carbons (Fsp3) is 0.882.